The van der Waals surface area contributed by atoms with Crippen molar-refractivity contribution >= 4 is 5.91 Å². The zero-order valence-electron chi connectivity index (χ0n) is 15.4. The molecule has 144 valence electrons. The zero-order chi connectivity index (χ0) is 19.1. The van der Waals surface area contributed by atoms with Crippen molar-refractivity contribution in [2.75, 3.05) is 19.7 Å². The Morgan fingerprint density at radius 3 is 2.44 bits per heavy atom. The Labute approximate surface area is 158 Å². The minimum atomic E-state index is -0.286. The lowest BCUT2D eigenvalue weighted by molar-refractivity contribution is -0.131. The van der Waals surface area contributed by atoms with Gasteiger partial charge in [0.2, 0.25) is 5.91 Å². The van der Waals surface area contributed by atoms with E-state index in [-0.39, 0.29) is 17.5 Å². The third-order valence-electron chi connectivity index (χ3n) is 5.06. The summed E-state index contributed by atoms with van der Waals surface area (Å²) in [6.07, 6.45) is 3.22. The van der Waals surface area contributed by atoms with Crippen LogP contribution in [0.3, 0.4) is 0 Å². The normalized spacial score (nSPS) is 15.1. The number of hydrogen-bond acceptors (Lipinski definition) is 2. The van der Waals surface area contributed by atoms with Crippen LogP contribution in [0.1, 0.15) is 30.4 Å². The van der Waals surface area contributed by atoms with Crippen LogP contribution in [0.4, 0.5) is 8.78 Å². The quantitative estimate of drug-likeness (QED) is 0.675. The van der Waals surface area contributed by atoms with Gasteiger partial charge in [-0.15, -0.1) is 0 Å². The second-order valence-electron chi connectivity index (χ2n) is 7.10. The number of benzene rings is 2. The molecule has 3 rings (SSSR count). The first-order chi connectivity index (χ1) is 13.1. The van der Waals surface area contributed by atoms with Gasteiger partial charge in [0.1, 0.15) is 11.6 Å². The molecule has 1 amide bonds. The van der Waals surface area contributed by atoms with E-state index in [9.17, 15) is 13.6 Å². The molecule has 1 saturated heterocycles. The van der Waals surface area contributed by atoms with Gasteiger partial charge in [-0.1, -0.05) is 24.3 Å². The van der Waals surface area contributed by atoms with Gasteiger partial charge in [0, 0.05) is 19.7 Å². The molecule has 0 atom stereocenters. The van der Waals surface area contributed by atoms with E-state index < -0.39 is 0 Å². The topological polar surface area (TPSA) is 29.5 Å². The molecule has 27 heavy (non-hydrogen) atoms. The molecule has 1 aliphatic heterocycles. The first kappa shape index (κ1) is 19.5. The van der Waals surface area contributed by atoms with Gasteiger partial charge in [0.05, 0.1) is 13.0 Å². The molecule has 1 aliphatic rings. The minimum absolute atomic E-state index is 0.0995. The van der Waals surface area contributed by atoms with E-state index >= 15 is 0 Å². The highest BCUT2D eigenvalue weighted by Crippen LogP contribution is 2.21. The molecule has 0 radical (unpaired) electrons. The second kappa shape index (κ2) is 9.60. The summed E-state index contributed by atoms with van der Waals surface area (Å²) in [7, 11) is 0. The lowest BCUT2D eigenvalue weighted by Crippen LogP contribution is -2.39. The van der Waals surface area contributed by atoms with Crippen molar-refractivity contribution in [1.82, 2.24) is 4.90 Å². The van der Waals surface area contributed by atoms with E-state index in [0.29, 0.717) is 25.6 Å². The monoisotopic (exact) mass is 373 g/mol. The number of carbonyl (C=O) groups is 1. The fraction of sp³-hybridized carbons (Fsp3) is 0.409. The van der Waals surface area contributed by atoms with Crippen molar-refractivity contribution in [3.63, 3.8) is 0 Å². The molecule has 0 saturated carbocycles. The summed E-state index contributed by atoms with van der Waals surface area (Å²) in [4.78, 5) is 14.3. The molecule has 0 spiro atoms. The van der Waals surface area contributed by atoms with E-state index in [1.807, 2.05) is 11.0 Å². The van der Waals surface area contributed by atoms with Crippen LogP contribution in [0.25, 0.3) is 0 Å². The van der Waals surface area contributed by atoms with E-state index in [1.165, 1.54) is 24.3 Å². The molecule has 0 unspecified atom stereocenters. The van der Waals surface area contributed by atoms with E-state index in [1.54, 1.807) is 18.2 Å². The number of likely N-dealkylation sites (tertiary alicyclic amines) is 1. The zero-order valence-corrected chi connectivity index (χ0v) is 15.4. The number of hydrogen-bond donors (Lipinski definition) is 0. The molecule has 1 heterocycles. The van der Waals surface area contributed by atoms with Crippen molar-refractivity contribution in [3.05, 3.63) is 71.3 Å². The summed E-state index contributed by atoms with van der Waals surface area (Å²) in [5, 5.41) is 0. The number of amides is 1. The fourth-order valence-corrected chi connectivity index (χ4v) is 3.43. The maximum Gasteiger partial charge on any atom is 0.226 e. The molecule has 2 aromatic rings. The number of piperidine rings is 1. The molecule has 0 bridgehead atoms. The standard InChI is InChI=1S/C22H25F2NO2/c23-20-6-4-18(5-7-20)15-22(26)25-11-8-17(9-12-25)10-13-27-16-19-2-1-3-21(24)14-19/h1-7,14,17H,8-13,15-16H2. The van der Waals surface area contributed by atoms with Crippen LogP contribution in [0.15, 0.2) is 48.5 Å². The highest BCUT2D eigenvalue weighted by molar-refractivity contribution is 5.78. The van der Waals surface area contributed by atoms with Crippen molar-refractivity contribution in [2.45, 2.75) is 32.3 Å². The Hall–Kier alpha value is -2.27. The molecule has 5 heteroatoms. The fourth-order valence-electron chi connectivity index (χ4n) is 3.43. The molecule has 0 N–H and O–H groups in total. The lowest BCUT2D eigenvalue weighted by atomic mass is 9.93. The summed E-state index contributed by atoms with van der Waals surface area (Å²) in [5.41, 5.74) is 1.69. The Bertz CT molecular complexity index is 740. The van der Waals surface area contributed by atoms with Gasteiger partial charge in [-0.25, -0.2) is 8.78 Å². The number of nitrogens with zero attached hydrogens (tertiary/aromatic N) is 1. The van der Waals surface area contributed by atoms with E-state index in [0.717, 1.165) is 43.5 Å². The predicted octanol–water partition coefficient (Wildman–Crippen LogP) is 4.35. The molecule has 3 nitrogen and oxygen atoms in total. The molecule has 0 aliphatic carbocycles. The minimum Gasteiger partial charge on any atom is -0.377 e. The van der Waals surface area contributed by atoms with Crippen LogP contribution >= 0.6 is 0 Å². The predicted molar refractivity (Wildman–Crippen MR) is 100 cm³/mol. The van der Waals surface area contributed by atoms with Gasteiger partial charge < -0.3 is 9.64 Å². The van der Waals surface area contributed by atoms with Crippen LogP contribution in [0.2, 0.25) is 0 Å². The maximum atomic E-state index is 13.1. The first-order valence-electron chi connectivity index (χ1n) is 9.44. The van der Waals surface area contributed by atoms with E-state index in [4.69, 9.17) is 4.74 Å². The van der Waals surface area contributed by atoms with E-state index in [2.05, 4.69) is 0 Å². The van der Waals surface area contributed by atoms with Gasteiger partial charge >= 0.3 is 0 Å². The smallest absolute Gasteiger partial charge is 0.226 e. The number of carbonyl (C=O) groups excluding carboxylic acids is 1. The molecular weight excluding hydrogens is 348 g/mol. The van der Waals surface area contributed by atoms with Gasteiger partial charge in [-0.2, -0.15) is 0 Å². The average molecular weight is 373 g/mol. The second-order valence-corrected chi connectivity index (χ2v) is 7.10. The Morgan fingerprint density at radius 1 is 1.00 bits per heavy atom. The SMILES string of the molecule is O=C(Cc1ccc(F)cc1)N1CCC(CCOCc2cccc(F)c2)CC1. The molecule has 2 aromatic carbocycles. The van der Waals surface area contributed by atoms with Crippen molar-refractivity contribution < 1.29 is 18.3 Å². The van der Waals surface area contributed by atoms with Gasteiger partial charge in [-0.05, 0) is 60.6 Å². The van der Waals surface area contributed by atoms with Crippen LogP contribution in [-0.4, -0.2) is 30.5 Å². The summed E-state index contributed by atoms with van der Waals surface area (Å²) < 4.78 is 31.7. The van der Waals surface area contributed by atoms with Crippen LogP contribution in [0, 0.1) is 17.6 Å². The molecule has 0 aromatic heterocycles. The summed E-state index contributed by atoms with van der Waals surface area (Å²) in [6, 6.07) is 12.6. The van der Waals surface area contributed by atoms with Gasteiger partial charge in [0.15, 0.2) is 0 Å². The third kappa shape index (κ3) is 6.14. The molecule has 1 fully saturated rings. The summed E-state index contributed by atoms with van der Waals surface area (Å²) in [5.74, 6) is 0.121. The van der Waals surface area contributed by atoms with Crippen molar-refractivity contribution in [1.29, 1.82) is 0 Å². The van der Waals surface area contributed by atoms with Crippen LogP contribution in [0.5, 0.6) is 0 Å². The third-order valence-corrected chi connectivity index (χ3v) is 5.06. The highest BCUT2D eigenvalue weighted by atomic mass is 19.1. The summed E-state index contributed by atoms with van der Waals surface area (Å²) in [6.45, 7) is 2.58. The largest absolute Gasteiger partial charge is 0.377 e. The van der Waals surface area contributed by atoms with Gasteiger partial charge in [-0.3, -0.25) is 4.79 Å². The molecular formula is C22H25F2NO2. The Morgan fingerprint density at radius 2 is 1.74 bits per heavy atom. The first-order valence-corrected chi connectivity index (χ1v) is 9.44. The highest BCUT2D eigenvalue weighted by Gasteiger charge is 2.22. The average Bonchev–Trinajstić information content (AvgIpc) is 2.67. The van der Waals surface area contributed by atoms with Crippen LogP contribution in [-0.2, 0) is 22.6 Å². The Kier molecular flexibility index (Phi) is 6.93. The number of halogens is 2. The summed E-state index contributed by atoms with van der Waals surface area (Å²) >= 11 is 0. The number of ether oxygens (including phenoxy) is 1. The van der Waals surface area contributed by atoms with Crippen molar-refractivity contribution in [3.8, 4) is 0 Å². The number of rotatable bonds is 7. The van der Waals surface area contributed by atoms with Crippen LogP contribution < -0.4 is 0 Å². The van der Waals surface area contributed by atoms with Crippen molar-refractivity contribution in [2.24, 2.45) is 5.92 Å². The lowest BCUT2D eigenvalue weighted by Gasteiger charge is -2.32. The van der Waals surface area contributed by atoms with Gasteiger partial charge in [0.25, 0.3) is 0 Å². The maximum absolute atomic E-state index is 13.1. The Balaban J connectivity index is 1.33.